The fourth-order valence-electron chi connectivity index (χ4n) is 11.3. The molecule has 0 spiro atoms. The van der Waals surface area contributed by atoms with Crippen molar-refractivity contribution < 1.29 is 13.2 Å². The second-order valence-electron chi connectivity index (χ2n) is 20.1. The molecule has 0 bridgehead atoms. The summed E-state index contributed by atoms with van der Waals surface area (Å²) in [6.07, 6.45) is -4.93. The minimum atomic E-state index is -4.93. The SMILES string of the molecule is N#Cc1cc(C#N)cc(-c2ccc3c4ccc(-c5cc(C#N)cc(C#N)c5)cc4n(-c4ccc(-c5cc(C#N)cc(C(F)(F)F)c5)c(-n5c6cc(-c7cc(C#N)cc(C#N)c7)ccc6c6ccc(-c7cc(C#N)cc(C#N)c7)cc65)c4C#N)c3c2)c1. The van der Waals surface area contributed by atoms with Crippen molar-refractivity contribution in [3.05, 3.63) is 237 Å². The van der Waals surface area contributed by atoms with Crippen LogP contribution in [0.5, 0.6) is 0 Å². The minimum Gasteiger partial charge on any atom is -0.308 e. The van der Waals surface area contributed by atoms with Gasteiger partial charge in [-0.15, -0.1) is 0 Å². The first-order valence-electron chi connectivity index (χ1n) is 25.9. The molecule has 0 radical (unpaired) electrons. The molecule has 0 amide bonds. The molecular formula is C71H29F3N12. The molecule has 2 aromatic heterocycles. The van der Waals surface area contributed by atoms with E-state index in [1.54, 1.807) is 89.5 Å². The third-order valence-electron chi connectivity index (χ3n) is 15.1. The molecule has 0 aliphatic rings. The van der Waals surface area contributed by atoms with E-state index < -0.39 is 11.7 Å². The van der Waals surface area contributed by atoms with E-state index in [1.807, 2.05) is 59.2 Å². The number of benzene rings is 10. The van der Waals surface area contributed by atoms with Gasteiger partial charge in [0.2, 0.25) is 0 Å². The third-order valence-corrected chi connectivity index (χ3v) is 15.1. The van der Waals surface area contributed by atoms with Crippen LogP contribution in [-0.2, 0) is 6.18 Å². The van der Waals surface area contributed by atoms with Crippen LogP contribution in [0, 0.1) is 113 Å². The van der Waals surface area contributed by atoms with Gasteiger partial charge in [0.1, 0.15) is 11.6 Å². The molecule has 0 aliphatic heterocycles. The van der Waals surface area contributed by atoms with Crippen LogP contribution in [0.3, 0.4) is 0 Å². The smallest absolute Gasteiger partial charge is 0.308 e. The Morgan fingerprint density at radius 3 is 0.849 bits per heavy atom. The summed E-state index contributed by atoms with van der Waals surface area (Å²) in [4.78, 5) is 0. The van der Waals surface area contributed by atoms with Crippen molar-refractivity contribution in [1.29, 1.82) is 52.6 Å². The van der Waals surface area contributed by atoms with Gasteiger partial charge in [0.15, 0.2) is 0 Å². The quantitative estimate of drug-likeness (QED) is 0.146. The van der Waals surface area contributed by atoms with Crippen LogP contribution in [-0.4, -0.2) is 9.13 Å². The van der Waals surface area contributed by atoms with Crippen LogP contribution in [0.25, 0.3) is 111 Å². The van der Waals surface area contributed by atoms with Crippen molar-refractivity contribution in [2.75, 3.05) is 0 Å². The van der Waals surface area contributed by atoms with Crippen molar-refractivity contribution in [2.24, 2.45) is 0 Å². The summed E-state index contributed by atoms with van der Waals surface area (Å²) in [7, 11) is 0. The molecule has 0 saturated heterocycles. The molecule has 0 unspecified atom stereocenters. The molecule has 394 valence electrons. The number of hydrogen-bond acceptors (Lipinski definition) is 10. The summed E-state index contributed by atoms with van der Waals surface area (Å²) >= 11 is 0. The number of nitrogens with zero attached hydrogens (tertiary/aromatic N) is 12. The zero-order valence-corrected chi connectivity index (χ0v) is 44.2. The number of nitriles is 10. The highest BCUT2D eigenvalue weighted by Crippen LogP contribution is 2.46. The maximum Gasteiger partial charge on any atom is 0.416 e. The van der Waals surface area contributed by atoms with E-state index in [9.17, 15) is 52.6 Å². The molecule has 12 nitrogen and oxygen atoms in total. The van der Waals surface area contributed by atoms with Gasteiger partial charge in [0.25, 0.3) is 0 Å². The topological polar surface area (TPSA) is 248 Å². The molecule has 2 heterocycles. The molecule has 0 atom stereocenters. The van der Waals surface area contributed by atoms with Gasteiger partial charge in [-0.2, -0.15) is 65.8 Å². The fourth-order valence-corrected chi connectivity index (χ4v) is 11.3. The molecule has 0 N–H and O–H groups in total. The van der Waals surface area contributed by atoms with Crippen molar-refractivity contribution in [2.45, 2.75) is 6.18 Å². The second-order valence-corrected chi connectivity index (χ2v) is 20.1. The minimum absolute atomic E-state index is 0.0533. The number of fused-ring (bicyclic) bond motifs is 6. The van der Waals surface area contributed by atoms with Gasteiger partial charge in [-0.25, -0.2) is 0 Å². The Kier molecular flexibility index (Phi) is 12.9. The molecule has 10 aromatic carbocycles. The molecule has 0 fully saturated rings. The van der Waals surface area contributed by atoms with E-state index in [4.69, 9.17) is 0 Å². The summed E-state index contributed by atoms with van der Waals surface area (Å²) in [5.41, 5.74) is 6.41. The van der Waals surface area contributed by atoms with Gasteiger partial charge in [0.05, 0.1) is 144 Å². The highest BCUT2D eigenvalue weighted by Gasteiger charge is 2.33. The number of aromatic nitrogens is 2. The Bertz CT molecular complexity index is 5100. The van der Waals surface area contributed by atoms with E-state index in [0.717, 1.165) is 12.1 Å². The van der Waals surface area contributed by atoms with Crippen LogP contribution >= 0.6 is 0 Å². The van der Waals surface area contributed by atoms with Gasteiger partial charge >= 0.3 is 6.18 Å². The average Bonchev–Trinajstić information content (AvgIpc) is 1.74. The van der Waals surface area contributed by atoms with Crippen LogP contribution in [0.2, 0.25) is 0 Å². The van der Waals surface area contributed by atoms with E-state index in [0.29, 0.717) is 88.1 Å². The summed E-state index contributed by atoms with van der Waals surface area (Å²) in [5, 5.41) is 106. The summed E-state index contributed by atoms with van der Waals surface area (Å²) in [6.45, 7) is 0. The van der Waals surface area contributed by atoms with Gasteiger partial charge in [-0.3, -0.25) is 0 Å². The Balaban J connectivity index is 1.27. The predicted octanol–water partition coefficient (Wildman–Crippen LogP) is 16.0. The van der Waals surface area contributed by atoms with Gasteiger partial charge in [0, 0.05) is 27.1 Å². The number of rotatable bonds is 7. The fraction of sp³-hybridized carbons (Fsp3) is 0.0141. The average molecular weight is 1110 g/mol. The van der Waals surface area contributed by atoms with Crippen molar-refractivity contribution in [3.63, 3.8) is 0 Å². The van der Waals surface area contributed by atoms with E-state index in [-0.39, 0.29) is 78.1 Å². The lowest BCUT2D eigenvalue weighted by molar-refractivity contribution is -0.137. The summed E-state index contributed by atoms with van der Waals surface area (Å²) < 4.78 is 48.8. The number of hydrogen-bond donors (Lipinski definition) is 0. The molecule has 12 rings (SSSR count). The predicted molar refractivity (Wildman–Crippen MR) is 314 cm³/mol. The van der Waals surface area contributed by atoms with Crippen LogP contribution in [0.1, 0.15) is 61.2 Å². The normalized spacial score (nSPS) is 10.8. The van der Waals surface area contributed by atoms with Crippen molar-refractivity contribution in [3.8, 4) is 128 Å². The standard InChI is InChI=1S/C71H29F3N12/c72-71(73,74)58-24-48(38-83)23-57(25-58)59-9-10-65(85-66-26-49(53-15-40(30-75)11-41(16-53)31-76)1-5-60(66)61-6-2-50(27-67(61)85)54-17-42(32-77)12-43(18-54)33-78)64(39-84)70(59)86-68-28-51(55-19-44(34-79)13-45(20-55)35-80)3-7-62(68)63-8-4-52(29-69(63)86)56-21-46(36-81)14-47(22-56)37-82/h1-29H. The highest BCUT2D eigenvalue weighted by atomic mass is 19.4. The maximum atomic E-state index is 15.1. The largest absolute Gasteiger partial charge is 0.416 e. The van der Waals surface area contributed by atoms with Gasteiger partial charge in [-0.1, -0.05) is 54.6 Å². The maximum absolute atomic E-state index is 15.1. The molecular weight excluding hydrogens is 1080 g/mol. The number of halogens is 3. The van der Waals surface area contributed by atoms with Crippen LogP contribution in [0.4, 0.5) is 13.2 Å². The number of alkyl halides is 3. The Labute approximate surface area is 487 Å². The second kappa shape index (κ2) is 20.9. The zero-order chi connectivity index (χ0) is 60.1. The first-order chi connectivity index (χ1) is 41.7. The Morgan fingerprint density at radius 2 is 0.558 bits per heavy atom. The highest BCUT2D eigenvalue weighted by molar-refractivity contribution is 6.14. The van der Waals surface area contributed by atoms with Crippen molar-refractivity contribution in [1.82, 2.24) is 9.13 Å². The Hall–Kier alpha value is -13.5. The van der Waals surface area contributed by atoms with Crippen molar-refractivity contribution >= 4 is 43.6 Å². The molecule has 0 aliphatic carbocycles. The van der Waals surface area contributed by atoms with Crippen LogP contribution < -0.4 is 0 Å². The molecule has 12 aromatic rings. The van der Waals surface area contributed by atoms with Gasteiger partial charge in [-0.05, 0) is 171 Å². The third kappa shape index (κ3) is 9.09. The zero-order valence-electron chi connectivity index (χ0n) is 44.2. The monoisotopic (exact) mass is 1110 g/mol. The van der Waals surface area contributed by atoms with Crippen LogP contribution in [0.15, 0.2) is 176 Å². The summed E-state index contributed by atoms with van der Waals surface area (Å²) in [6, 6.07) is 68.1. The lowest BCUT2D eigenvalue weighted by atomic mass is 9.94. The van der Waals surface area contributed by atoms with E-state index in [1.165, 1.54) is 30.3 Å². The molecule has 15 heteroatoms. The molecule has 86 heavy (non-hydrogen) atoms. The van der Waals surface area contributed by atoms with E-state index >= 15 is 13.2 Å². The lowest BCUT2D eigenvalue weighted by Gasteiger charge is -2.21. The first kappa shape index (κ1) is 53.1. The van der Waals surface area contributed by atoms with Gasteiger partial charge < -0.3 is 9.13 Å². The lowest BCUT2D eigenvalue weighted by Crippen LogP contribution is -2.08. The Morgan fingerprint density at radius 1 is 0.267 bits per heavy atom. The van der Waals surface area contributed by atoms with E-state index in [2.05, 4.69) is 54.6 Å². The molecule has 0 saturated carbocycles. The summed E-state index contributed by atoms with van der Waals surface area (Å²) in [5.74, 6) is 0. The first-order valence-corrected chi connectivity index (χ1v) is 25.9.